The van der Waals surface area contributed by atoms with Gasteiger partial charge in [-0.25, -0.2) is 0 Å². The topological polar surface area (TPSA) is 99.6 Å². The number of anilines is 1. The highest BCUT2D eigenvalue weighted by atomic mass is 16.5. The lowest BCUT2D eigenvalue weighted by atomic mass is 9.64. The molecule has 0 aliphatic carbocycles. The molecule has 3 aliphatic rings. The fraction of sp³-hybridized carbons (Fsp3) is 0.558. The van der Waals surface area contributed by atoms with Gasteiger partial charge in [0.05, 0.1) is 36.7 Å². The molecule has 2 unspecified atom stereocenters. The van der Waals surface area contributed by atoms with Crippen molar-refractivity contribution in [1.82, 2.24) is 9.80 Å². The van der Waals surface area contributed by atoms with E-state index in [1.165, 1.54) is 0 Å². The van der Waals surface area contributed by atoms with Crippen molar-refractivity contribution < 1.29 is 29.0 Å². The number of rotatable bonds is 16. The molecule has 52 heavy (non-hydrogen) atoms. The van der Waals surface area contributed by atoms with Crippen molar-refractivity contribution in [3.63, 3.8) is 0 Å². The molecule has 9 heteroatoms. The predicted molar refractivity (Wildman–Crippen MR) is 205 cm³/mol. The molecule has 3 amide bonds. The highest BCUT2D eigenvalue weighted by molar-refractivity contribution is 6.03. The summed E-state index contributed by atoms with van der Waals surface area (Å²) in [5.74, 6) is -1.88. The number of likely N-dealkylation sites (tertiary alicyclic amines) is 1. The van der Waals surface area contributed by atoms with Crippen LogP contribution < -0.4 is 9.64 Å². The standard InChI is InChI=1S/C43H59N3O6/c1-10-25-44(31-19-21-33(22-20-31)51-13-4)37(48)34-35-38(49)46(32(28-47)27-30-17-15-14-16-18-30)36(43(35)24-23-42(34,12-3)52-43)39(50)45(26-11-2)41(8,9)29-40(5,6)7/h10-11,14-22,32,34-36,47H,1-2,12-13,23-29H2,3-9H3/t32-,34-,35+,36?,42+,43?/m1/s1. The fourth-order valence-corrected chi connectivity index (χ4v) is 9.65. The Kier molecular flexibility index (Phi) is 11.5. The Labute approximate surface area is 310 Å². The van der Waals surface area contributed by atoms with Crippen LogP contribution in [0.5, 0.6) is 5.75 Å². The van der Waals surface area contributed by atoms with Gasteiger partial charge in [0.1, 0.15) is 17.4 Å². The van der Waals surface area contributed by atoms with E-state index in [1.54, 1.807) is 22.0 Å². The Morgan fingerprint density at radius 1 is 1.00 bits per heavy atom. The summed E-state index contributed by atoms with van der Waals surface area (Å²) in [7, 11) is 0. The van der Waals surface area contributed by atoms with E-state index in [1.807, 2.05) is 73.3 Å². The number of carbonyl (C=O) groups is 3. The van der Waals surface area contributed by atoms with Gasteiger partial charge in [0, 0.05) is 24.3 Å². The molecular formula is C43H59N3O6. The molecule has 0 saturated carbocycles. The lowest BCUT2D eigenvalue weighted by Gasteiger charge is -2.46. The largest absolute Gasteiger partial charge is 0.494 e. The maximum Gasteiger partial charge on any atom is 0.249 e. The van der Waals surface area contributed by atoms with Gasteiger partial charge in [-0.15, -0.1) is 13.2 Å². The van der Waals surface area contributed by atoms with Crippen molar-refractivity contribution >= 4 is 23.4 Å². The van der Waals surface area contributed by atoms with Gasteiger partial charge < -0.3 is 29.3 Å². The third-order valence-electron chi connectivity index (χ3n) is 11.3. The minimum absolute atomic E-state index is 0.0995. The molecule has 2 aromatic carbocycles. The zero-order valence-corrected chi connectivity index (χ0v) is 32.3. The van der Waals surface area contributed by atoms with E-state index in [-0.39, 0.29) is 42.8 Å². The summed E-state index contributed by atoms with van der Waals surface area (Å²) in [4.78, 5) is 50.9. The number of hydrogen-bond donors (Lipinski definition) is 1. The van der Waals surface area contributed by atoms with Crippen molar-refractivity contribution in [3.8, 4) is 5.75 Å². The molecule has 2 aromatic rings. The van der Waals surface area contributed by atoms with Crippen LogP contribution in [-0.4, -0.2) is 87.8 Å². The van der Waals surface area contributed by atoms with Crippen LogP contribution in [-0.2, 0) is 25.5 Å². The number of benzene rings is 2. The molecule has 3 fully saturated rings. The summed E-state index contributed by atoms with van der Waals surface area (Å²) >= 11 is 0. The maximum atomic E-state index is 15.4. The molecule has 1 spiro atoms. The third kappa shape index (κ3) is 7.06. The number of ether oxygens (including phenoxy) is 2. The molecule has 9 nitrogen and oxygen atoms in total. The van der Waals surface area contributed by atoms with Crippen LogP contribution in [0.25, 0.3) is 0 Å². The number of aliphatic hydroxyl groups is 1. The first kappa shape index (κ1) is 39.3. The highest BCUT2D eigenvalue weighted by Crippen LogP contribution is 2.65. The number of nitrogens with zero attached hydrogens (tertiary/aromatic N) is 3. The highest BCUT2D eigenvalue weighted by Gasteiger charge is 2.79. The van der Waals surface area contributed by atoms with Gasteiger partial charge in [-0.3, -0.25) is 14.4 Å². The average Bonchev–Trinajstić information content (AvgIpc) is 3.71. The first-order chi connectivity index (χ1) is 24.6. The molecule has 0 aromatic heterocycles. The van der Waals surface area contributed by atoms with E-state index < -0.39 is 40.7 Å². The number of hydrogen-bond acceptors (Lipinski definition) is 6. The molecule has 5 rings (SSSR count). The lowest BCUT2D eigenvalue weighted by molar-refractivity contribution is -0.160. The van der Waals surface area contributed by atoms with Crippen LogP contribution in [0.1, 0.15) is 79.7 Å². The molecule has 3 heterocycles. The Hall–Kier alpha value is -3.95. The van der Waals surface area contributed by atoms with Crippen LogP contribution >= 0.6 is 0 Å². The van der Waals surface area contributed by atoms with E-state index in [0.717, 1.165) is 5.56 Å². The maximum absolute atomic E-state index is 15.4. The second kappa shape index (κ2) is 15.2. The number of amides is 3. The van der Waals surface area contributed by atoms with Gasteiger partial charge >= 0.3 is 0 Å². The lowest BCUT2D eigenvalue weighted by Crippen LogP contribution is -2.62. The van der Waals surface area contributed by atoms with Gasteiger partial charge in [-0.05, 0) is 88.1 Å². The van der Waals surface area contributed by atoms with E-state index in [9.17, 15) is 5.11 Å². The quantitative estimate of drug-likeness (QED) is 0.197. The monoisotopic (exact) mass is 713 g/mol. The van der Waals surface area contributed by atoms with Gasteiger partial charge in [0.2, 0.25) is 17.7 Å². The van der Waals surface area contributed by atoms with E-state index in [0.29, 0.717) is 50.1 Å². The number of fused-ring (bicyclic) bond motifs is 1. The second-order valence-electron chi connectivity index (χ2n) is 16.6. The van der Waals surface area contributed by atoms with Crippen molar-refractivity contribution in [2.24, 2.45) is 17.3 Å². The Balaban J connectivity index is 1.65. The first-order valence-electron chi connectivity index (χ1n) is 18.9. The Bertz CT molecular complexity index is 1620. The van der Waals surface area contributed by atoms with Crippen molar-refractivity contribution in [2.45, 2.75) is 109 Å². The van der Waals surface area contributed by atoms with Gasteiger partial charge in [-0.2, -0.15) is 0 Å². The molecule has 282 valence electrons. The Morgan fingerprint density at radius 2 is 1.65 bits per heavy atom. The Morgan fingerprint density at radius 3 is 2.21 bits per heavy atom. The van der Waals surface area contributed by atoms with Gasteiger partial charge in [0.15, 0.2) is 0 Å². The van der Waals surface area contributed by atoms with Gasteiger partial charge in [0.25, 0.3) is 0 Å². The van der Waals surface area contributed by atoms with Crippen LogP contribution in [0.3, 0.4) is 0 Å². The molecule has 6 atom stereocenters. The first-order valence-corrected chi connectivity index (χ1v) is 18.9. The smallest absolute Gasteiger partial charge is 0.249 e. The molecule has 3 saturated heterocycles. The molecule has 1 N–H and O–H groups in total. The summed E-state index contributed by atoms with van der Waals surface area (Å²) in [6, 6.07) is 15.3. The fourth-order valence-electron chi connectivity index (χ4n) is 9.65. The summed E-state index contributed by atoms with van der Waals surface area (Å²) in [6.07, 6.45) is 5.92. The minimum Gasteiger partial charge on any atom is -0.494 e. The third-order valence-corrected chi connectivity index (χ3v) is 11.3. The van der Waals surface area contributed by atoms with Crippen LogP contribution in [0, 0.1) is 17.3 Å². The van der Waals surface area contributed by atoms with E-state index >= 15 is 14.4 Å². The number of aliphatic hydroxyl groups excluding tert-OH is 1. The van der Waals surface area contributed by atoms with Crippen LogP contribution in [0.15, 0.2) is 79.9 Å². The van der Waals surface area contributed by atoms with E-state index in [4.69, 9.17) is 9.47 Å². The summed E-state index contributed by atoms with van der Waals surface area (Å²) in [6.45, 7) is 23.1. The second-order valence-corrected chi connectivity index (χ2v) is 16.6. The number of carbonyl (C=O) groups excluding carboxylic acids is 3. The summed E-state index contributed by atoms with van der Waals surface area (Å²) < 4.78 is 12.8. The molecule has 3 aliphatic heterocycles. The molecular weight excluding hydrogens is 654 g/mol. The van der Waals surface area contributed by atoms with Gasteiger partial charge in [-0.1, -0.05) is 70.2 Å². The summed E-state index contributed by atoms with van der Waals surface area (Å²) in [5.41, 5.74) is -1.32. The van der Waals surface area contributed by atoms with Crippen molar-refractivity contribution in [2.75, 3.05) is 31.2 Å². The zero-order valence-electron chi connectivity index (χ0n) is 32.3. The summed E-state index contributed by atoms with van der Waals surface area (Å²) in [5, 5.41) is 11.0. The van der Waals surface area contributed by atoms with Crippen molar-refractivity contribution in [3.05, 3.63) is 85.5 Å². The normalized spacial score (nSPS) is 25.8. The van der Waals surface area contributed by atoms with Crippen LogP contribution in [0.4, 0.5) is 5.69 Å². The molecule has 2 bridgehead atoms. The zero-order chi connectivity index (χ0) is 38.1. The van der Waals surface area contributed by atoms with Crippen LogP contribution in [0.2, 0.25) is 0 Å². The molecule has 0 radical (unpaired) electrons. The predicted octanol–water partition coefficient (Wildman–Crippen LogP) is 6.59. The van der Waals surface area contributed by atoms with E-state index in [2.05, 4.69) is 47.8 Å². The minimum atomic E-state index is -1.26. The van der Waals surface area contributed by atoms with Crippen molar-refractivity contribution in [1.29, 1.82) is 0 Å². The average molecular weight is 714 g/mol. The SMILES string of the molecule is C=CCN(C(=O)[C@H]1[C@H]2C(=O)N([C@@H](CO)Cc3ccccc3)C(C(=O)N(CC=C)C(C)(C)CC(C)(C)C)C23CC[C@]1(CC)O3)c1ccc(OCC)cc1.